The van der Waals surface area contributed by atoms with Gasteiger partial charge in [-0.3, -0.25) is 10.0 Å². The van der Waals surface area contributed by atoms with Crippen LogP contribution in [0, 0.1) is 5.82 Å². The molecule has 0 heterocycles. The maximum Gasteiger partial charge on any atom is 0.573 e. The molecular weight excluding hydrogens is 524 g/mol. The Bertz CT molecular complexity index is 1380. The van der Waals surface area contributed by atoms with Gasteiger partial charge in [0.2, 0.25) is 10.0 Å². The first-order chi connectivity index (χ1) is 17.4. The van der Waals surface area contributed by atoms with E-state index in [0.29, 0.717) is 17.7 Å². The normalized spacial score (nSPS) is 11.5. The number of nitrogens with one attached hydrogen (secondary N) is 4. The number of carbonyl (C=O) groups is 2. The molecular formula is C22H18F4N4O6S. The minimum Gasteiger partial charge on any atom is -0.403 e. The molecule has 15 heteroatoms. The number of hydroxylamine groups is 1. The zero-order chi connectivity index (χ0) is 27.2. The fourth-order valence-electron chi connectivity index (χ4n) is 2.90. The zero-order valence-corrected chi connectivity index (χ0v) is 19.3. The molecule has 0 radical (unpaired) electrons. The van der Waals surface area contributed by atoms with Gasteiger partial charge in [0.25, 0.3) is 5.91 Å². The number of halogens is 4. The van der Waals surface area contributed by atoms with Crippen molar-refractivity contribution in [2.24, 2.45) is 0 Å². The predicted molar refractivity (Wildman–Crippen MR) is 122 cm³/mol. The summed E-state index contributed by atoms with van der Waals surface area (Å²) in [6.45, 7) is -0.0882. The first-order valence-electron chi connectivity index (χ1n) is 10.1. The summed E-state index contributed by atoms with van der Waals surface area (Å²) < 4.78 is 81.3. The van der Waals surface area contributed by atoms with Gasteiger partial charge in [-0.15, -0.1) is 13.2 Å². The number of hydrogen-bond donors (Lipinski definition) is 5. The second-order valence-electron chi connectivity index (χ2n) is 7.26. The molecule has 10 nitrogen and oxygen atoms in total. The highest BCUT2D eigenvalue weighted by atomic mass is 32.2. The monoisotopic (exact) mass is 542 g/mol. The number of amides is 3. The highest BCUT2D eigenvalue weighted by Gasteiger charge is 2.32. The summed E-state index contributed by atoms with van der Waals surface area (Å²) in [6, 6.07) is 12.3. The number of benzene rings is 3. The second-order valence-corrected chi connectivity index (χ2v) is 9.03. The summed E-state index contributed by atoms with van der Waals surface area (Å²) in [5.74, 6) is -3.12. The molecule has 3 amide bonds. The Labute approximate surface area is 207 Å². The van der Waals surface area contributed by atoms with Gasteiger partial charge in [-0.25, -0.2) is 27.8 Å². The second kappa shape index (κ2) is 11.2. The average molecular weight is 542 g/mol. The van der Waals surface area contributed by atoms with Crippen molar-refractivity contribution >= 4 is 33.3 Å². The van der Waals surface area contributed by atoms with Crippen molar-refractivity contribution in [2.75, 3.05) is 10.6 Å². The van der Waals surface area contributed by atoms with E-state index < -0.39 is 39.9 Å². The third-order valence-electron chi connectivity index (χ3n) is 4.62. The number of rotatable bonds is 8. The summed E-state index contributed by atoms with van der Waals surface area (Å²) in [5.41, 5.74) is 2.22. The summed E-state index contributed by atoms with van der Waals surface area (Å²) in [6.07, 6.45) is -5.08. The van der Waals surface area contributed by atoms with Crippen molar-refractivity contribution in [3.05, 3.63) is 83.7 Å². The average Bonchev–Trinajstić information content (AvgIpc) is 2.84. The molecule has 0 saturated heterocycles. The third kappa shape index (κ3) is 7.89. The number of carbonyl (C=O) groups excluding carboxylic acids is 2. The SMILES string of the molecule is O=C(Nc1ccc(S(=O)(=O)NCc2ccc(C(=O)NO)cc2)cc1)Nc1ccc(OC(F)(F)F)c(F)c1. The molecule has 0 spiro atoms. The van der Waals surface area contributed by atoms with Gasteiger partial charge in [-0.1, -0.05) is 12.1 Å². The van der Waals surface area contributed by atoms with Crippen molar-refractivity contribution in [2.45, 2.75) is 17.8 Å². The first kappa shape index (κ1) is 27.4. The van der Waals surface area contributed by atoms with Gasteiger partial charge < -0.3 is 15.4 Å². The molecule has 0 aliphatic heterocycles. The van der Waals surface area contributed by atoms with Crippen LogP contribution in [0.3, 0.4) is 0 Å². The van der Waals surface area contributed by atoms with E-state index in [1.165, 1.54) is 54.0 Å². The quantitative estimate of drug-likeness (QED) is 0.165. The molecule has 0 aromatic heterocycles. The van der Waals surface area contributed by atoms with E-state index in [-0.39, 0.29) is 28.4 Å². The predicted octanol–water partition coefficient (Wildman–Crippen LogP) is 3.97. The number of alkyl halides is 3. The minimum absolute atomic E-state index is 0.0882. The van der Waals surface area contributed by atoms with Gasteiger partial charge in [-0.2, -0.15) is 0 Å². The maximum absolute atomic E-state index is 13.8. The number of ether oxygens (including phenoxy) is 1. The Balaban J connectivity index is 1.56. The summed E-state index contributed by atoms with van der Waals surface area (Å²) in [7, 11) is -3.94. The molecule has 0 aliphatic rings. The van der Waals surface area contributed by atoms with Crippen molar-refractivity contribution in [1.82, 2.24) is 10.2 Å². The smallest absolute Gasteiger partial charge is 0.403 e. The van der Waals surface area contributed by atoms with Crippen molar-refractivity contribution in [3.63, 3.8) is 0 Å². The van der Waals surface area contributed by atoms with Crippen LogP contribution < -0.4 is 25.6 Å². The zero-order valence-electron chi connectivity index (χ0n) is 18.5. The molecule has 3 aromatic carbocycles. The summed E-state index contributed by atoms with van der Waals surface area (Å²) >= 11 is 0. The Kier molecular flexibility index (Phi) is 8.31. The lowest BCUT2D eigenvalue weighted by Gasteiger charge is -2.12. The highest BCUT2D eigenvalue weighted by Crippen LogP contribution is 2.27. The van der Waals surface area contributed by atoms with Crippen LogP contribution in [0.4, 0.5) is 33.7 Å². The minimum atomic E-state index is -5.08. The largest absolute Gasteiger partial charge is 0.573 e. The third-order valence-corrected chi connectivity index (χ3v) is 6.04. The number of urea groups is 1. The number of anilines is 2. The fourth-order valence-corrected chi connectivity index (χ4v) is 3.91. The topological polar surface area (TPSA) is 146 Å². The molecule has 0 atom stereocenters. The van der Waals surface area contributed by atoms with Gasteiger partial charge in [0.15, 0.2) is 11.6 Å². The van der Waals surface area contributed by atoms with Crippen LogP contribution in [-0.2, 0) is 16.6 Å². The highest BCUT2D eigenvalue weighted by molar-refractivity contribution is 7.89. The van der Waals surface area contributed by atoms with Crippen molar-refractivity contribution in [3.8, 4) is 5.75 Å². The first-order valence-corrected chi connectivity index (χ1v) is 11.6. The summed E-state index contributed by atoms with van der Waals surface area (Å²) in [4.78, 5) is 23.3. The van der Waals surface area contributed by atoms with Crippen LogP contribution in [0.5, 0.6) is 5.75 Å². The van der Waals surface area contributed by atoms with Crippen LogP contribution >= 0.6 is 0 Å². The Morgan fingerprint density at radius 2 is 1.49 bits per heavy atom. The molecule has 196 valence electrons. The molecule has 0 bridgehead atoms. The van der Waals surface area contributed by atoms with Crippen molar-refractivity contribution in [1.29, 1.82) is 0 Å². The standard InChI is InChI=1S/C22H18F4N4O6S/c23-18-11-16(7-10-19(18)36-22(24,25)26)29-21(32)28-15-5-8-17(9-6-15)37(34,35)27-12-13-1-3-14(4-2-13)20(31)30-33/h1-11,27,33H,12H2,(H,30,31)(H2,28,29,32). The van der Waals surface area contributed by atoms with E-state index in [9.17, 15) is 35.6 Å². The summed E-state index contributed by atoms with van der Waals surface area (Å²) in [5, 5.41) is 13.2. The van der Waals surface area contributed by atoms with Gasteiger partial charge in [0, 0.05) is 29.5 Å². The maximum atomic E-state index is 13.8. The van der Waals surface area contributed by atoms with Gasteiger partial charge in [0.05, 0.1) is 4.90 Å². The van der Waals surface area contributed by atoms with E-state index in [4.69, 9.17) is 5.21 Å². The van der Waals surface area contributed by atoms with Crippen molar-refractivity contribution < 1.29 is 45.5 Å². The van der Waals surface area contributed by atoms with E-state index in [0.717, 1.165) is 6.07 Å². The molecule has 0 saturated carbocycles. The van der Waals surface area contributed by atoms with Gasteiger partial charge >= 0.3 is 12.4 Å². The lowest BCUT2D eigenvalue weighted by atomic mass is 10.1. The molecule has 37 heavy (non-hydrogen) atoms. The Morgan fingerprint density at radius 3 is 2.05 bits per heavy atom. The Hall–Kier alpha value is -4.21. The lowest BCUT2D eigenvalue weighted by molar-refractivity contribution is -0.275. The molecule has 5 N–H and O–H groups in total. The molecule has 3 aromatic rings. The van der Waals surface area contributed by atoms with Crippen LogP contribution in [0.1, 0.15) is 15.9 Å². The number of hydrogen-bond acceptors (Lipinski definition) is 6. The molecule has 0 aliphatic carbocycles. The van der Waals surface area contributed by atoms with E-state index in [2.05, 4.69) is 20.1 Å². The molecule has 0 fully saturated rings. The van der Waals surface area contributed by atoms with E-state index in [1.54, 1.807) is 0 Å². The Morgan fingerprint density at radius 1 is 0.892 bits per heavy atom. The lowest BCUT2D eigenvalue weighted by Crippen LogP contribution is -2.23. The molecule has 0 unspecified atom stereocenters. The van der Waals surface area contributed by atoms with Crippen LogP contribution in [-0.4, -0.2) is 31.9 Å². The van der Waals surface area contributed by atoms with Gasteiger partial charge in [0.1, 0.15) is 0 Å². The number of sulfonamides is 1. The van der Waals surface area contributed by atoms with Crippen LogP contribution in [0.15, 0.2) is 71.6 Å². The van der Waals surface area contributed by atoms with Crippen LogP contribution in [0.25, 0.3) is 0 Å². The van der Waals surface area contributed by atoms with Crippen LogP contribution in [0.2, 0.25) is 0 Å². The van der Waals surface area contributed by atoms with Gasteiger partial charge in [-0.05, 0) is 54.1 Å². The fraction of sp³-hybridized carbons (Fsp3) is 0.0909. The van der Waals surface area contributed by atoms with E-state index in [1.807, 2.05) is 0 Å². The van der Waals surface area contributed by atoms with E-state index >= 15 is 0 Å². The molecule has 3 rings (SSSR count).